The normalized spacial score (nSPS) is 30.0. The van der Waals surface area contributed by atoms with Crippen LogP contribution in [0.1, 0.15) is 131 Å². The highest BCUT2D eigenvalue weighted by Crippen LogP contribution is 2.28. The van der Waals surface area contributed by atoms with Crippen LogP contribution in [0.3, 0.4) is 0 Å². The number of rotatable bonds is 15. The van der Waals surface area contributed by atoms with Crippen LogP contribution in [0, 0.1) is 29.6 Å². The topological polar surface area (TPSA) is 174 Å². The van der Waals surface area contributed by atoms with Crippen LogP contribution in [-0.4, -0.2) is 92.4 Å². The van der Waals surface area contributed by atoms with Crippen molar-refractivity contribution < 1.29 is 49.7 Å². The highest BCUT2D eigenvalue weighted by molar-refractivity contribution is 5.70. The van der Waals surface area contributed by atoms with Gasteiger partial charge in [0.25, 0.3) is 0 Å². The fourth-order valence-corrected chi connectivity index (χ4v) is 6.90. The van der Waals surface area contributed by atoms with Gasteiger partial charge in [-0.3, -0.25) is 9.59 Å². The fraction of sp³-hybridized carbons (Fsp3) is 0.733. The maximum absolute atomic E-state index is 13.3. The van der Waals surface area contributed by atoms with Crippen LogP contribution in [-0.2, 0) is 19.1 Å². The van der Waals surface area contributed by atoms with E-state index in [0.717, 1.165) is 32.1 Å². The summed E-state index contributed by atoms with van der Waals surface area (Å²) in [6.45, 7) is 11.7. The number of allylic oxidation sites excluding steroid dienone is 8. The summed E-state index contributed by atoms with van der Waals surface area (Å²) in [4.78, 5) is 24.0. The number of hydrogen-bond donors (Lipinski definition) is 6. The van der Waals surface area contributed by atoms with Crippen LogP contribution < -0.4 is 0 Å². The van der Waals surface area contributed by atoms with E-state index in [0.29, 0.717) is 32.1 Å². The monoisotopic (exact) mass is 777 g/mol. The van der Waals surface area contributed by atoms with Crippen LogP contribution in [0.4, 0.5) is 0 Å². The first-order valence-corrected chi connectivity index (χ1v) is 20.7. The molecule has 0 aromatic heterocycles. The van der Waals surface area contributed by atoms with Crippen LogP contribution in [0.2, 0.25) is 0 Å². The zero-order valence-electron chi connectivity index (χ0n) is 34.8. The number of carbonyl (C=O) groups excluding carboxylic acids is 1. The number of aliphatic hydroxyl groups is 5. The number of ether oxygens (including phenoxy) is 2. The molecule has 316 valence electrons. The lowest BCUT2D eigenvalue weighted by molar-refractivity contribution is -0.157. The summed E-state index contributed by atoms with van der Waals surface area (Å²) in [5, 5.41) is 62.7. The van der Waals surface area contributed by atoms with Gasteiger partial charge in [-0.05, 0) is 101 Å². The molecule has 0 bridgehead atoms. The molecule has 0 saturated heterocycles. The van der Waals surface area contributed by atoms with Crippen molar-refractivity contribution >= 4 is 11.9 Å². The van der Waals surface area contributed by atoms with E-state index in [2.05, 4.69) is 26.0 Å². The third kappa shape index (κ3) is 23.3. The van der Waals surface area contributed by atoms with E-state index < -0.39 is 54.5 Å². The van der Waals surface area contributed by atoms with Crippen molar-refractivity contribution in [2.75, 3.05) is 7.11 Å². The number of methoxy groups -OCH3 is 1. The Hall–Kier alpha value is -2.60. The molecule has 0 aliphatic carbocycles. The molecule has 10 nitrogen and oxygen atoms in total. The number of esters is 1. The molecule has 6 N–H and O–H groups in total. The molecule has 10 heteroatoms. The molecule has 2 unspecified atom stereocenters. The number of carboxylic acids is 1. The molecule has 0 fully saturated rings. The van der Waals surface area contributed by atoms with E-state index in [1.165, 1.54) is 5.57 Å². The Kier molecular flexibility index (Phi) is 26.3. The van der Waals surface area contributed by atoms with Gasteiger partial charge in [0, 0.05) is 25.9 Å². The Morgan fingerprint density at radius 2 is 1.62 bits per heavy atom. The second kappa shape index (κ2) is 28.7. The van der Waals surface area contributed by atoms with Gasteiger partial charge in [-0.1, -0.05) is 94.9 Å². The third-order valence-corrected chi connectivity index (χ3v) is 11.2. The summed E-state index contributed by atoms with van der Waals surface area (Å²) in [5.74, 6) is -2.11. The van der Waals surface area contributed by atoms with Gasteiger partial charge in [-0.15, -0.1) is 0 Å². The van der Waals surface area contributed by atoms with E-state index in [1.807, 2.05) is 63.3 Å². The number of carboxylic acid groups (broad SMARTS) is 1. The molecule has 1 rings (SSSR count). The predicted molar refractivity (Wildman–Crippen MR) is 219 cm³/mol. The minimum atomic E-state index is -1.16. The van der Waals surface area contributed by atoms with E-state index in [4.69, 9.17) is 14.6 Å². The summed E-state index contributed by atoms with van der Waals surface area (Å²) >= 11 is 0. The standard InChI is InChI=1S/C45H76O10/c1-31(18-13-9-8-10-15-20-37(46)27-32(2)24-25-44(51)52)26-34(4)35(5)43-28-38(47)21-17-23-39(54-7)22-16-12-11-14-19-33(3)40(48)29-41(49)36(6)42(50)30-45(53)55-43/h8-12,14-16,26,32-43,46-50H,13,17-25,27-30H2,1-7H3,(H,51,52)/b9-8+,14-11?,15-10+,16-12?,31-26+/t32?,33-,34+,35+,36-,37?,38+,39+,40-,41+,42+,43-/m0/s1. The second-order valence-corrected chi connectivity index (χ2v) is 16.3. The zero-order valence-corrected chi connectivity index (χ0v) is 34.8. The maximum atomic E-state index is 13.3. The minimum Gasteiger partial charge on any atom is -0.481 e. The Bertz CT molecular complexity index is 1210. The van der Waals surface area contributed by atoms with Crippen molar-refractivity contribution in [1.82, 2.24) is 0 Å². The van der Waals surface area contributed by atoms with Gasteiger partial charge in [0.05, 0.1) is 43.0 Å². The predicted octanol–water partition coefficient (Wildman–Crippen LogP) is 7.63. The number of hydrogen-bond acceptors (Lipinski definition) is 9. The highest BCUT2D eigenvalue weighted by Gasteiger charge is 2.32. The molecular formula is C45H76O10. The Labute approximate surface area is 332 Å². The number of aliphatic carboxylic acids is 1. The number of carbonyl (C=O) groups is 2. The van der Waals surface area contributed by atoms with Gasteiger partial charge in [-0.2, -0.15) is 0 Å². The number of aliphatic hydroxyl groups excluding tert-OH is 5. The quantitative estimate of drug-likeness (QED) is 0.0552. The third-order valence-electron chi connectivity index (χ3n) is 11.2. The Morgan fingerprint density at radius 1 is 0.945 bits per heavy atom. The summed E-state index contributed by atoms with van der Waals surface area (Å²) in [7, 11) is 1.69. The highest BCUT2D eigenvalue weighted by atomic mass is 16.5. The first-order chi connectivity index (χ1) is 26.0. The van der Waals surface area contributed by atoms with Crippen LogP contribution in [0.5, 0.6) is 0 Å². The smallest absolute Gasteiger partial charge is 0.308 e. The van der Waals surface area contributed by atoms with Crippen molar-refractivity contribution in [3.05, 3.63) is 60.3 Å². The molecule has 0 aromatic rings. The lowest BCUT2D eigenvalue weighted by atomic mass is 9.85. The number of cyclic esters (lactones) is 1. The molecule has 1 heterocycles. The molecule has 0 amide bonds. The van der Waals surface area contributed by atoms with Crippen LogP contribution >= 0.6 is 0 Å². The summed E-state index contributed by atoms with van der Waals surface area (Å²) in [6.07, 6.45) is 20.2. The summed E-state index contributed by atoms with van der Waals surface area (Å²) < 4.78 is 11.7. The first-order valence-electron chi connectivity index (χ1n) is 20.7. The van der Waals surface area contributed by atoms with Gasteiger partial charge in [0.2, 0.25) is 0 Å². The maximum Gasteiger partial charge on any atom is 0.308 e. The Balaban J connectivity index is 2.93. The molecule has 12 atom stereocenters. The molecule has 0 saturated carbocycles. The summed E-state index contributed by atoms with van der Waals surface area (Å²) in [6, 6.07) is 0. The van der Waals surface area contributed by atoms with Gasteiger partial charge >= 0.3 is 11.9 Å². The summed E-state index contributed by atoms with van der Waals surface area (Å²) in [5.41, 5.74) is 1.19. The van der Waals surface area contributed by atoms with E-state index in [1.54, 1.807) is 14.0 Å². The van der Waals surface area contributed by atoms with Gasteiger partial charge < -0.3 is 40.1 Å². The minimum absolute atomic E-state index is 0.0110. The first kappa shape index (κ1) is 50.4. The van der Waals surface area contributed by atoms with Crippen molar-refractivity contribution in [2.24, 2.45) is 29.6 Å². The lowest BCUT2D eigenvalue weighted by Gasteiger charge is -2.31. The van der Waals surface area contributed by atoms with Gasteiger partial charge in [0.15, 0.2) is 0 Å². The van der Waals surface area contributed by atoms with Crippen molar-refractivity contribution in [2.45, 2.75) is 174 Å². The molecule has 0 radical (unpaired) electrons. The van der Waals surface area contributed by atoms with Crippen molar-refractivity contribution in [1.29, 1.82) is 0 Å². The van der Waals surface area contributed by atoms with E-state index in [-0.39, 0.29) is 55.5 Å². The molecule has 1 aliphatic heterocycles. The SMILES string of the molecule is CO[C@@H]1CC=CC=CC[C@H](C)[C@@H](O)C[C@@H](O)[C@H](C)[C@H](O)CC(=O)O[C@H]([C@H](C)[C@H](C)/C=C(\C)CC/C=C/C=C/CC(O)CC(C)CCC(=O)O)C[C@H](O)CCC1. The van der Waals surface area contributed by atoms with Gasteiger partial charge in [-0.25, -0.2) is 0 Å². The molecule has 0 aromatic carbocycles. The Morgan fingerprint density at radius 3 is 2.29 bits per heavy atom. The van der Waals surface area contributed by atoms with E-state index >= 15 is 0 Å². The largest absolute Gasteiger partial charge is 0.481 e. The van der Waals surface area contributed by atoms with E-state index in [9.17, 15) is 35.1 Å². The van der Waals surface area contributed by atoms with Crippen LogP contribution in [0.15, 0.2) is 60.3 Å². The van der Waals surface area contributed by atoms with Gasteiger partial charge in [0.1, 0.15) is 6.10 Å². The molecule has 0 spiro atoms. The lowest BCUT2D eigenvalue weighted by Crippen LogP contribution is -2.37. The fourth-order valence-electron chi connectivity index (χ4n) is 6.90. The second-order valence-electron chi connectivity index (χ2n) is 16.3. The molecular weight excluding hydrogens is 700 g/mol. The average Bonchev–Trinajstić information content (AvgIpc) is 3.12. The van der Waals surface area contributed by atoms with Crippen LogP contribution in [0.25, 0.3) is 0 Å². The molecule has 55 heavy (non-hydrogen) atoms. The van der Waals surface area contributed by atoms with Crippen molar-refractivity contribution in [3.8, 4) is 0 Å². The average molecular weight is 777 g/mol. The zero-order chi connectivity index (χ0) is 41.3. The van der Waals surface area contributed by atoms with Crippen molar-refractivity contribution in [3.63, 3.8) is 0 Å². The molecule has 1 aliphatic rings.